The summed E-state index contributed by atoms with van der Waals surface area (Å²) in [6.45, 7) is 12.2. The Morgan fingerprint density at radius 1 is 0.672 bits per heavy atom. The Labute approximate surface area is 369 Å². The fraction of sp³-hybridized carbons (Fsp3) is 0.426. The molecule has 0 aliphatic rings. The van der Waals surface area contributed by atoms with Crippen LogP contribution in [-0.4, -0.2) is 81.9 Å². The number of halogens is 2. The lowest BCUT2D eigenvalue weighted by Gasteiger charge is -2.27. The monoisotopic (exact) mass is 880 g/mol. The predicted octanol–water partition coefficient (Wildman–Crippen LogP) is 10.4. The van der Waals surface area contributed by atoms with Crippen LogP contribution >= 0.6 is 23.2 Å². The number of ether oxygens (including phenoxy) is 7. The van der Waals surface area contributed by atoms with Gasteiger partial charge in [0.15, 0.2) is 0 Å². The Morgan fingerprint density at radius 2 is 1.18 bits per heavy atom. The molecule has 0 heterocycles. The normalized spacial score (nSPS) is 11.6. The van der Waals surface area contributed by atoms with E-state index in [4.69, 9.17) is 56.4 Å². The lowest BCUT2D eigenvalue weighted by molar-refractivity contribution is -0.177. The molecule has 0 aliphatic heterocycles. The van der Waals surface area contributed by atoms with Crippen LogP contribution in [0, 0.1) is 19.3 Å². The van der Waals surface area contributed by atoms with Crippen LogP contribution in [0.3, 0.4) is 0 Å². The van der Waals surface area contributed by atoms with Gasteiger partial charge in [-0.15, -0.1) is 0 Å². The molecule has 0 radical (unpaired) electrons. The molecule has 1 unspecified atom stereocenters. The van der Waals surface area contributed by atoms with E-state index in [1.165, 1.54) is 11.8 Å². The summed E-state index contributed by atoms with van der Waals surface area (Å²) in [7, 11) is 4.76. The number of benzene rings is 4. The van der Waals surface area contributed by atoms with Crippen LogP contribution in [0.25, 0.3) is 0 Å². The Bertz CT molecular complexity index is 2070. The largest absolute Gasteiger partial charge is 0.497 e. The van der Waals surface area contributed by atoms with Crippen LogP contribution in [0.5, 0.6) is 23.0 Å². The smallest absolute Gasteiger partial charge is 0.413 e. The van der Waals surface area contributed by atoms with Crippen molar-refractivity contribution in [1.29, 1.82) is 0 Å². The first-order chi connectivity index (χ1) is 29.0. The molecule has 0 aromatic heterocycles. The topological polar surface area (TPSA) is 122 Å². The van der Waals surface area contributed by atoms with Gasteiger partial charge in [-0.05, 0) is 148 Å². The molecule has 1 atom stereocenters. The van der Waals surface area contributed by atoms with Gasteiger partial charge in [0.25, 0.3) is 0 Å². The van der Waals surface area contributed by atoms with E-state index in [-0.39, 0.29) is 26.3 Å². The lowest BCUT2D eigenvalue weighted by atomic mass is 9.90. The molecule has 2 amide bonds. The summed E-state index contributed by atoms with van der Waals surface area (Å²) in [5, 5.41) is 1.15. The predicted molar refractivity (Wildman–Crippen MR) is 236 cm³/mol. The maximum Gasteiger partial charge on any atom is 0.413 e. The van der Waals surface area contributed by atoms with E-state index in [0.717, 1.165) is 33.4 Å². The minimum absolute atomic E-state index is 0.186. The third-order valence-electron chi connectivity index (χ3n) is 9.86. The highest BCUT2D eigenvalue weighted by Crippen LogP contribution is 2.29. The summed E-state index contributed by atoms with van der Waals surface area (Å²) in [5.41, 5.74) is 4.33. The zero-order valence-electron chi connectivity index (χ0n) is 36.6. The molecule has 4 aromatic rings. The molecule has 0 saturated heterocycles. The summed E-state index contributed by atoms with van der Waals surface area (Å²) < 4.78 is 39.4. The molecular weight excluding hydrogens is 823 g/mol. The molecular formula is C47H58Cl2N2O10. The SMILES string of the molecule is CCOC(=O)N(CCc1cc(OCCC(C)(C)C(=O)OC(C)OC(=O)N(CCc2cc(OC)ccc2OC)Cc2cc(C)cc(Cl)c2)ccc1OC)Cc1cc(C)cc(Cl)c1. The first kappa shape index (κ1) is 48.3. The summed E-state index contributed by atoms with van der Waals surface area (Å²) >= 11 is 12.6. The first-order valence-electron chi connectivity index (χ1n) is 20.1. The van der Waals surface area contributed by atoms with Crippen molar-refractivity contribution in [1.82, 2.24) is 9.80 Å². The fourth-order valence-electron chi connectivity index (χ4n) is 6.64. The van der Waals surface area contributed by atoms with Crippen molar-refractivity contribution in [3.05, 3.63) is 116 Å². The summed E-state index contributed by atoms with van der Waals surface area (Å²) in [4.78, 5) is 43.2. The molecule has 330 valence electrons. The third kappa shape index (κ3) is 15.0. The van der Waals surface area contributed by atoms with Gasteiger partial charge in [-0.2, -0.15) is 0 Å². The molecule has 4 rings (SSSR count). The van der Waals surface area contributed by atoms with Gasteiger partial charge < -0.3 is 43.0 Å². The van der Waals surface area contributed by atoms with Gasteiger partial charge in [0.05, 0.1) is 40.0 Å². The molecule has 61 heavy (non-hydrogen) atoms. The fourth-order valence-corrected chi connectivity index (χ4v) is 7.26. The van der Waals surface area contributed by atoms with Crippen LogP contribution in [0.1, 0.15) is 67.5 Å². The number of amides is 2. The van der Waals surface area contributed by atoms with Gasteiger partial charge in [-0.1, -0.05) is 35.3 Å². The van der Waals surface area contributed by atoms with E-state index in [9.17, 15) is 14.4 Å². The number of hydrogen-bond donors (Lipinski definition) is 0. The maximum atomic E-state index is 13.7. The van der Waals surface area contributed by atoms with E-state index < -0.39 is 29.9 Å². The molecule has 0 saturated carbocycles. The number of nitrogens with zero attached hydrogens (tertiary/aromatic N) is 2. The number of rotatable bonds is 21. The summed E-state index contributed by atoms with van der Waals surface area (Å²) in [5.74, 6) is 1.97. The number of aryl methyl sites for hydroxylation is 2. The average Bonchev–Trinajstić information content (AvgIpc) is 3.20. The standard InChI is InChI=1S/C47H58Cl2N2O10/c1-10-58-45(53)50(29-34-21-31(2)23-38(48)25-34)18-15-37-28-41(12-14-43(37)57-9)59-20-17-47(5,6)44(52)60-33(4)61-46(54)51(30-35-22-32(3)24-39(49)26-35)19-16-36-27-40(55-7)11-13-42(36)56-8/h11-14,21-28,33H,10,15-20,29-30H2,1-9H3. The molecule has 14 heteroatoms. The van der Waals surface area contributed by atoms with Gasteiger partial charge in [0, 0.05) is 43.1 Å². The van der Waals surface area contributed by atoms with Crippen LogP contribution in [0.15, 0.2) is 72.8 Å². The van der Waals surface area contributed by atoms with Crippen molar-refractivity contribution in [3.63, 3.8) is 0 Å². The van der Waals surface area contributed by atoms with Crippen LogP contribution in [0.4, 0.5) is 9.59 Å². The molecule has 0 bridgehead atoms. The Morgan fingerprint density at radius 3 is 1.67 bits per heavy atom. The van der Waals surface area contributed by atoms with E-state index in [0.29, 0.717) is 65.4 Å². The minimum Gasteiger partial charge on any atom is -0.497 e. The first-order valence-corrected chi connectivity index (χ1v) is 20.9. The van der Waals surface area contributed by atoms with E-state index in [1.807, 2.05) is 62.4 Å². The van der Waals surface area contributed by atoms with E-state index >= 15 is 0 Å². The van der Waals surface area contributed by atoms with Crippen LogP contribution in [0.2, 0.25) is 10.0 Å². The highest BCUT2D eigenvalue weighted by Gasteiger charge is 2.32. The Balaban J connectivity index is 1.36. The second-order valence-corrected chi connectivity index (χ2v) is 16.2. The highest BCUT2D eigenvalue weighted by molar-refractivity contribution is 6.31. The number of carbonyl (C=O) groups excluding carboxylic acids is 3. The third-order valence-corrected chi connectivity index (χ3v) is 10.3. The Hall–Kier alpha value is -5.33. The van der Waals surface area contributed by atoms with E-state index in [2.05, 4.69) is 0 Å². The minimum atomic E-state index is -1.18. The number of hydrogen-bond acceptors (Lipinski definition) is 10. The van der Waals surface area contributed by atoms with Gasteiger partial charge in [0.1, 0.15) is 23.0 Å². The maximum absolute atomic E-state index is 13.7. The zero-order chi connectivity index (χ0) is 44.7. The molecule has 0 N–H and O–H groups in total. The second kappa shape index (κ2) is 23.0. The van der Waals surface area contributed by atoms with Crippen molar-refractivity contribution in [2.75, 3.05) is 47.6 Å². The van der Waals surface area contributed by atoms with Gasteiger partial charge in [0.2, 0.25) is 6.29 Å². The van der Waals surface area contributed by atoms with Gasteiger partial charge >= 0.3 is 18.2 Å². The quantitative estimate of drug-likeness (QED) is 0.0590. The number of esters is 1. The zero-order valence-corrected chi connectivity index (χ0v) is 38.1. The molecule has 0 aliphatic carbocycles. The average molecular weight is 882 g/mol. The second-order valence-electron chi connectivity index (χ2n) is 15.3. The molecule has 4 aromatic carbocycles. The summed E-state index contributed by atoms with van der Waals surface area (Å²) in [6, 6.07) is 22.2. The van der Waals surface area contributed by atoms with E-state index in [1.54, 1.807) is 71.3 Å². The van der Waals surface area contributed by atoms with Crippen molar-refractivity contribution in [2.45, 2.75) is 80.2 Å². The molecule has 0 fully saturated rings. The number of methoxy groups -OCH3 is 3. The van der Waals surface area contributed by atoms with Crippen molar-refractivity contribution in [2.24, 2.45) is 5.41 Å². The molecule has 0 spiro atoms. The van der Waals surface area contributed by atoms with Gasteiger partial charge in [-0.25, -0.2) is 9.59 Å². The highest BCUT2D eigenvalue weighted by atomic mass is 35.5. The lowest BCUT2D eigenvalue weighted by Crippen LogP contribution is -2.38. The van der Waals surface area contributed by atoms with Crippen LogP contribution < -0.4 is 18.9 Å². The van der Waals surface area contributed by atoms with Crippen molar-refractivity contribution in [3.8, 4) is 23.0 Å². The van der Waals surface area contributed by atoms with Crippen LogP contribution in [-0.2, 0) is 44.9 Å². The number of carbonyl (C=O) groups is 3. The Kier molecular flexibility index (Phi) is 18.3. The van der Waals surface area contributed by atoms with Gasteiger partial charge in [-0.3, -0.25) is 4.79 Å². The van der Waals surface area contributed by atoms with Crippen molar-refractivity contribution >= 4 is 41.4 Å². The molecule has 12 nitrogen and oxygen atoms in total. The van der Waals surface area contributed by atoms with Crippen molar-refractivity contribution < 1.29 is 47.5 Å². The summed E-state index contributed by atoms with van der Waals surface area (Å²) in [6.07, 6.45) is -1.09.